The van der Waals surface area contributed by atoms with E-state index in [1.54, 1.807) is 0 Å². The lowest BCUT2D eigenvalue weighted by Crippen LogP contribution is -2.33. The first kappa shape index (κ1) is 18.6. The van der Waals surface area contributed by atoms with E-state index in [1.165, 1.54) is 16.7 Å². The van der Waals surface area contributed by atoms with Gasteiger partial charge in [-0.1, -0.05) is 49.4 Å². The summed E-state index contributed by atoms with van der Waals surface area (Å²) in [5.74, 6) is 0. The molecule has 0 bridgehead atoms. The second-order valence-electron chi connectivity index (χ2n) is 9.14. The number of aryl methyl sites for hydroxylation is 1. The largest absolute Gasteiger partial charge is 0.205 e. The van der Waals surface area contributed by atoms with Gasteiger partial charge in [-0.05, 0) is 83.6 Å². The number of hydrogen-bond donors (Lipinski definition) is 0. The zero-order chi connectivity index (χ0) is 20.8. The van der Waals surface area contributed by atoms with Crippen LogP contribution in [-0.2, 0) is 12.8 Å². The summed E-state index contributed by atoms with van der Waals surface area (Å²) in [6, 6.07) is 18.7. The van der Waals surface area contributed by atoms with Crippen LogP contribution in [0.15, 0.2) is 71.2 Å². The molecule has 3 aliphatic rings. The first-order valence-corrected chi connectivity index (χ1v) is 10.5. The molecule has 3 aliphatic carbocycles. The van der Waals surface area contributed by atoms with E-state index < -0.39 is 0 Å². The number of hydrogen-bond acceptors (Lipinski definition) is 3. The highest BCUT2D eigenvalue weighted by atomic mass is 14.8. The van der Waals surface area contributed by atoms with Crippen molar-refractivity contribution in [3.8, 4) is 12.3 Å². The van der Waals surface area contributed by atoms with Gasteiger partial charge < -0.3 is 0 Å². The Morgan fingerprint density at radius 3 is 2.67 bits per heavy atom. The van der Waals surface area contributed by atoms with Gasteiger partial charge in [-0.15, -0.1) is 0 Å². The minimum atomic E-state index is -0.0670. The Bertz CT molecular complexity index is 1220. The second-order valence-corrected chi connectivity index (χ2v) is 9.14. The molecule has 0 heterocycles. The molecule has 3 heteroatoms. The molecule has 0 amide bonds. The van der Waals surface area contributed by atoms with E-state index in [-0.39, 0.29) is 10.8 Å². The quantitative estimate of drug-likeness (QED) is 0.581. The number of aliphatic imine (C=N–C) groups is 1. The lowest BCUT2D eigenvalue weighted by atomic mass is 9.67. The molecule has 30 heavy (non-hydrogen) atoms. The fourth-order valence-corrected chi connectivity index (χ4v) is 5.82. The third-order valence-corrected chi connectivity index (χ3v) is 7.22. The molecule has 0 saturated heterocycles. The number of allylic oxidation sites excluding steroid dienone is 4. The highest BCUT2D eigenvalue weighted by Gasteiger charge is 2.54. The molecular weight excluding hydrogens is 366 g/mol. The Balaban J connectivity index is 1.59. The van der Waals surface area contributed by atoms with Gasteiger partial charge in [0.1, 0.15) is 0 Å². The van der Waals surface area contributed by atoms with Gasteiger partial charge >= 0.3 is 0 Å². The predicted molar refractivity (Wildman–Crippen MR) is 119 cm³/mol. The smallest absolute Gasteiger partial charge is 0.192 e. The van der Waals surface area contributed by atoms with Crippen LogP contribution in [0.1, 0.15) is 48.4 Å². The number of nitriles is 2. The zero-order valence-corrected chi connectivity index (χ0v) is 17.2. The summed E-state index contributed by atoms with van der Waals surface area (Å²) in [4.78, 5) is 4.44. The van der Waals surface area contributed by atoms with Crippen LogP contribution in [0.3, 0.4) is 0 Å². The molecule has 0 aromatic heterocycles. The highest BCUT2D eigenvalue weighted by Crippen LogP contribution is 2.59. The van der Waals surface area contributed by atoms with E-state index in [2.05, 4.69) is 66.7 Å². The SMILES string of the molecule is CC12CC=C(c3cccc(C#N)c3)C=C1C(=NC#N)C1(CCc3ccccc3C1)C2. The maximum absolute atomic E-state index is 9.55. The molecular formula is C27H23N3. The van der Waals surface area contributed by atoms with Crippen molar-refractivity contribution >= 4 is 11.3 Å². The topological polar surface area (TPSA) is 59.9 Å². The van der Waals surface area contributed by atoms with Crippen molar-refractivity contribution in [1.29, 1.82) is 10.5 Å². The van der Waals surface area contributed by atoms with E-state index in [9.17, 15) is 10.5 Å². The van der Waals surface area contributed by atoms with Gasteiger partial charge in [0, 0.05) is 5.41 Å². The molecule has 1 spiro atoms. The molecule has 0 N–H and O–H groups in total. The summed E-state index contributed by atoms with van der Waals surface area (Å²) >= 11 is 0. The summed E-state index contributed by atoms with van der Waals surface area (Å²) in [5.41, 5.74) is 7.80. The van der Waals surface area contributed by atoms with Crippen molar-refractivity contribution < 1.29 is 0 Å². The minimum absolute atomic E-state index is 0.00168. The van der Waals surface area contributed by atoms with Gasteiger partial charge in [-0.3, -0.25) is 0 Å². The molecule has 1 fully saturated rings. The summed E-state index contributed by atoms with van der Waals surface area (Å²) in [7, 11) is 0. The predicted octanol–water partition coefficient (Wildman–Crippen LogP) is 5.78. The van der Waals surface area contributed by atoms with Gasteiger partial charge in [0.2, 0.25) is 6.19 Å². The third kappa shape index (κ3) is 2.82. The lowest BCUT2D eigenvalue weighted by molar-refractivity contribution is 0.261. The van der Waals surface area contributed by atoms with Gasteiger partial charge in [-0.2, -0.15) is 15.5 Å². The van der Waals surface area contributed by atoms with Gasteiger partial charge in [0.05, 0.1) is 17.3 Å². The summed E-state index contributed by atoms with van der Waals surface area (Å²) in [5, 5.41) is 18.8. The van der Waals surface area contributed by atoms with Crippen LogP contribution in [0.4, 0.5) is 0 Å². The number of nitrogens with zero attached hydrogens (tertiary/aromatic N) is 3. The minimum Gasteiger partial charge on any atom is -0.192 e. The van der Waals surface area contributed by atoms with Crippen LogP contribution in [-0.4, -0.2) is 5.71 Å². The Kier molecular flexibility index (Phi) is 4.23. The maximum atomic E-state index is 9.55. The van der Waals surface area contributed by atoms with E-state index >= 15 is 0 Å². The van der Waals surface area contributed by atoms with Crippen LogP contribution in [0, 0.1) is 33.6 Å². The van der Waals surface area contributed by atoms with Crippen molar-refractivity contribution in [3.05, 3.63) is 88.5 Å². The number of rotatable bonds is 1. The van der Waals surface area contributed by atoms with Crippen LogP contribution < -0.4 is 0 Å². The van der Waals surface area contributed by atoms with Gasteiger partial charge in [-0.25, -0.2) is 0 Å². The van der Waals surface area contributed by atoms with E-state index in [0.717, 1.165) is 49.0 Å². The standard InChI is InChI=1S/C27H23N3/c1-26-11-9-22(21-8-4-5-19(13-21)16-28)14-24(26)25(30-18-29)27(17-26)12-10-20-6-2-3-7-23(20)15-27/h2-9,13-14H,10-12,15,17H2,1H3. The van der Waals surface area contributed by atoms with E-state index in [4.69, 9.17) is 0 Å². The average Bonchev–Trinajstić information content (AvgIpc) is 3.00. The molecule has 3 nitrogen and oxygen atoms in total. The van der Waals surface area contributed by atoms with Crippen molar-refractivity contribution in [2.75, 3.05) is 0 Å². The fraction of sp³-hybridized carbons (Fsp3) is 0.296. The Hall–Kier alpha value is -3.43. The van der Waals surface area contributed by atoms with Crippen molar-refractivity contribution in [2.45, 2.75) is 39.0 Å². The molecule has 5 rings (SSSR count). The van der Waals surface area contributed by atoms with Crippen LogP contribution in [0.25, 0.3) is 5.57 Å². The van der Waals surface area contributed by atoms with Gasteiger partial charge in [0.25, 0.3) is 0 Å². The Morgan fingerprint density at radius 1 is 1.03 bits per heavy atom. The third-order valence-electron chi connectivity index (χ3n) is 7.22. The molecule has 2 aromatic carbocycles. The Morgan fingerprint density at radius 2 is 1.87 bits per heavy atom. The normalized spacial score (nSPS) is 28.2. The molecule has 0 radical (unpaired) electrons. The maximum Gasteiger partial charge on any atom is 0.205 e. The van der Waals surface area contributed by atoms with Crippen LogP contribution in [0.5, 0.6) is 0 Å². The average molecular weight is 390 g/mol. The van der Waals surface area contributed by atoms with Crippen molar-refractivity contribution in [1.82, 2.24) is 0 Å². The fourth-order valence-electron chi connectivity index (χ4n) is 5.82. The van der Waals surface area contributed by atoms with E-state index in [1.807, 2.05) is 18.2 Å². The van der Waals surface area contributed by atoms with Crippen LogP contribution >= 0.6 is 0 Å². The van der Waals surface area contributed by atoms with Crippen LogP contribution in [0.2, 0.25) is 0 Å². The summed E-state index contributed by atoms with van der Waals surface area (Å²) in [6.07, 6.45) is 11.6. The second kappa shape index (κ2) is 6.82. The molecule has 1 saturated carbocycles. The monoisotopic (exact) mass is 389 g/mol. The summed E-state index contributed by atoms with van der Waals surface area (Å²) < 4.78 is 0. The van der Waals surface area contributed by atoms with E-state index in [0.29, 0.717) is 5.56 Å². The zero-order valence-electron chi connectivity index (χ0n) is 17.2. The Labute approximate surface area is 177 Å². The van der Waals surface area contributed by atoms with Crippen molar-refractivity contribution in [2.24, 2.45) is 15.8 Å². The first-order valence-electron chi connectivity index (χ1n) is 10.5. The molecule has 2 unspecified atom stereocenters. The van der Waals surface area contributed by atoms with Gasteiger partial charge in [0.15, 0.2) is 0 Å². The molecule has 0 aliphatic heterocycles. The number of benzene rings is 2. The summed E-state index contributed by atoms with van der Waals surface area (Å²) in [6.45, 7) is 2.32. The van der Waals surface area contributed by atoms with Crippen molar-refractivity contribution in [3.63, 3.8) is 0 Å². The molecule has 2 atom stereocenters. The first-order chi connectivity index (χ1) is 14.6. The number of fused-ring (bicyclic) bond motifs is 2. The molecule has 146 valence electrons. The highest BCUT2D eigenvalue weighted by molar-refractivity contribution is 6.11. The molecule has 2 aromatic rings. The lowest BCUT2D eigenvalue weighted by Gasteiger charge is -2.36.